The minimum Gasteiger partial charge on any atom is -0.295 e. The van der Waals surface area contributed by atoms with Crippen LogP contribution in [0.25, 0.3) is 0 Å². The highest BCUT2D eigenvalue weighted by Gasteiger charge is 2.30. The summed E-state index contributed by atoms with van der Waals surface area (Å²) in [5, 5.41) is 2.18. The Labute approximate surface area is 63.7 Å². The first-order chi connectivity index (χ1) is 4.74. The molecule has 10 heavy (non-hydrogen) atoms. The number of hydrogen-bond acceptors (Lipinski definition) is 2. The molecule has 0 atom stereocenters. The van der Waals surface area contributed by atoms with Gasteiger partial charge in [-0.1, -0.05) is 0 Å². The Morgan fingerprint density at radius 2 is 2.10 bits per heavy atom. The maximum Gasteiger partial charge on any atom is 0.241 e. The molecule has 0 radical (unpaired) electrons. The fraction of sp³-hybridized carbons (Fsp3) is 0.667. The van der Waals surface area contributed by atoms with E-state index in [1.807, 2.05) is 0 Å². The van der Waals surface area contributed by atoms with E-state index in [0.717, 1.165) is 12.8 Å². The van der Waals surface area contributed by atoms with Crippen LogP contribution in [-0.4, -0.2) is 17.7 Å². The summed E-state index contributed by atoms with van der Waals surface area (Å²) in [6, 6.07) is 0. The molecule has 1 aliphatic rings. The van der Waals surface area contributed by atoms with Crippen LogP contribution in [0.4, 0.5) is 0 Å². The molecule has 0 spiro atoms. The van der Waals surface area contributed by atoms with Gasteiger partial charge in [0.15, 0.2) is 0 Å². The molecule has 0 heterocycles. The Morgan fingerprint density at radius 1 is 1.50 bits per heavy atom. The van der Waals surface area contributed by atoms with E-state index in [9.17, 15) is 9.59 Å². The van der Waals surface area contributed by atoms with Crippen LogP contribution in [0.1, 0.15) is 12.8 Å². The second kappa shape index (κ2) is 3.01. The van der Waals surface area contributed by atoms with E-state index in [-0.39, 0.29) is 17.7 Å². The van der Waals surface area contributed by atoms with Crippen molar-refractivity contribution in [3.8, 4) is 0 Å². The number of carbonyl (C=O) groups excluding carboxylic acids is 2. The predicted octanol–water partition coefficient (Wildman–Crippen LogP) is 0.278. The van der Waals surface area contributed by atoms with Crippen LogP contribution in [0.5, 0.6) is 0 Å². The van der Waals surface area contributed by atoms with Crippen LogP contribution in [-0.2, 0) is 9.59 Å². The zero-order valence-electron chi connectivity index (χ0n) is 5.39. The molecule has 0 aliphatic heterocycles. The lowest BCUT2D eigenvalue weighted by Crippen LogP contribution is -2.32. The Hall–Kier alpha value is -0.570. The number of hydrogen-bond donors (Lipinski definition) is 1. The van der Waals surface area contributed by atoms with E-state index >= 15 is 0 Å². The number of imide groups is 1. The molecule has 1 rings (SSSR count). The van der Waals surface area contributed by atoms with Gasteiger partial charge in [-0.05, 0) is 12.8 Å². The summed E-state index contributed by atoms with van der Waals surface area (Å²) in [4.78, 5) is 21.3. The normalized spacial score (nSPS) is 16.5. The summed E-state index contributed by atoms with van der Waals surface area (Å²) in [5.41, 5.74) is 0. The van der Waals surface area contributed by atoms with Gasteiger partial charge in [0.1, 0.15) is 5.88 Å². The first-order valence-corrected chi connectivity index (χ1v) is 3.67. The van der Waals surface area contributed by atoms with Crippen LogP contribution in [0.3, 0.4) is 0 Å². The quantitative estimate of drug-likeness (QED) is 0.592. The molecular formula is C6H8ClNO2. The number of alkyl halides is 1. The molecule has 56 valence electrons. The number of amides is 2. The van der Waals surface area contributed by atoms with Gasteiger partial charge in [0.2, 0.25) is 11.8 Å². The third kappa shape index (κ3) is 1.99. The fourth-order valence-corrected chi connectivity index (χ4v) is 0.685. The fourth-order valence-electron chi connectivity index (χ4n) is 0.618. The average molecular weight is 162 g/mol. The molecule has 1 N–H and O–H groups in total. The average Bonchev–Trinajstić information content (AvgIpc) is 2.68. The lowest BCUT2D eigenvalue weighted by molar-refractivity contribution is -0.129. The van der Waals surface area contributed by atoms with Crippen molar-refractivity contribution in [1.82, 2.24) is 5.32 Å². The lowest BCUT2D eigenvalue weighted by Gasteiger charge is -1.96. The SMILES string of the molecule is O=C(CCl)NC(=O)C1CC1. The highest BCUT2D eigenvalue weighted by Crippen LogP contribution is 2.28. The Bertz CT molecular complexity index is 165. The van der Waals surface area contributed by atoms with Crippen molar-refractivity contribution in [2.24, 2.45) is 5.92 Å². The van der Waals surface area contributed by atoms with Crippen molar-refractivity contribution < 1.29 is 9.59 Å². The summed E-state index contributed by atoms with van der Waals surface area (Å²) in [7, 11) is 0. The largest absolute Gasteiger partial charge is 0.295 e. The minimum absolute atomic E-state index is 0.0761. The topological polar surface area (TPSA) is 46.2 Å². The van der Waals surface area contributed by atoms with E-state index in [4.69, 9.17) is 11.6 Å². The predicted molar refractivity (Wildman–Crippen MR) is 36.6 cm³/mol. The summed E-state index contributed by atoms with van der Waals surface area (Å²) in [6.07, 6.45) is 1.81. The first-order valence-electron chi connectivity index (χ1n) is 3.13. The first kappa shape index (κ1) is 7.54. The Balaban J connectivity index is 2.23. The molecule has 2 amide bonds. The van der Waals surface area contributed by atoms with Gasteiger partial charge < -0.3 is 0 Å². The van der Waals surface area contributed by atoms with Crippen LogP contribution >= 0.6 is 11.6 Å². The summed E-state index contributed by atoms with van der Waals surface area (Å²) < 4.78 is 0. The molecule has 0 saturated heterocycles. The van der Waals surface area contributed by atoms with Gasteiger partial charge in [-0.25, -0.2) is 0 Å². The molecular weight excluding hydrogens is 154 g/mol. The molecule has 0 aromatic rings. The maximum atomic E-state index is 10.8. The molecule has 1 saturated carbocycles. The smallest absolute Gasteiger partial charge is 0.241 e. The van der Waals surface area contributed by atoms with Crippen LogP contribution in [0.2, 0.25) is 0 Å². The van der Waals surface area contributed by atoms with Gasteiger partial charge in [0.05, 0.1) is 0 Å². The third-order valence-electron chi connectivity index (χ3n) is 1.33. The zero-order chi connectivity index (χ0) is 7.56. The lowest BCUT2D eigenvalue weighted by atomic mass is 10.4. The van der Waals surface area contributed by atoms with Crippen molar-refractivity contribution in [1.29, 1.82) is 0 Å². The molecule has 0 aromatic carbocycles. The van der Waals surface area contributed by atoms with Crippen molar-refractivity contribution >= 4 is 23.4 Å². The molecule has 0 aromatic heterocycles. The molecule has 1 aliphatic carbocycles. The standard InChI is InChI=1S/C6H8ClNO2/c7-3-5(9)8-6(10)4-1-2-4/h4H,1-3H2,(H,8,9,10). The summed E-state index contributed by atoms with van der Waals surface area (Å²) in [5.74, 6) is -0.644. The van der Waals surface area contributed by atoms with Gasteiger partial charge >= 0.3 is 0 Å². The second-order valence-electron chi connectivity index (χ2n) is 2.32. The van der Waals surface area contributed by atoms with Gasteiger partial charge in [0.25, 0.3) is 0 Å². The minimum atomic E-state index is -0.404. The van der Waals surface area contributed by atoms with Gasteiger partial charge in [-0.15, -0.1) is 11.6 Å². The maximum absolute atomic E-state index is 10.8. The zero-order valence-corrected chi connectivity index (χ0v) is 6.15. The molecule has 0 bridgehead atoms. The number of rotatable bonds is 2. The van der Waals surface area contributed by atoms with Crippen molar-refractivity contribution in [3.05, 3.63) is 0 Å². The highest BCUT2D eigenvalue weighted by molar-refractivity contribution is 6.28. The summed E-state index contributed by atoms with van der Waals surface area (Å²) >= 11 is 5.16. The van der Waals surface area contributed by atoms with E-state index in [1.54, 1.807) is 0 Å². The van der Waals surface area contributed by atoms with Crippen LogP contribution in [0, 0.1) is 5.92 Å². The monoisotopic (exact) mass is 161 g/mol. The van der Waals surface area contributed by atoms with Gasteiger partial charge in [-0.3, -0.25) is 14.9 Å². The van der Waals surface area contributed by atoms with E-state index < -0.39 is 5.91 Å². The van der Waals surface area contributed by atoms with Crippen LogP contribution in [0.15, 0.2) is 0 Å². The number of halogens is 1. The number of carbonyl (C=O) groups is 2. The van der Waals surface area contributed by atoms with E-state index in [2.05, 4.69) is 5.32 Å². The van der Waals surface area contributed by atoms with Crippen LogP contribution < -0.4 is 5.32 Å². The van der Waals surface area contributed by atoms with Crippen molar-refractivity contribution in [2.45, 2.75) is 12.8 Å². The Kier molecular flexibility index (Phi) is 2.27. The summed E-state index contributed by atoms with van der Waals surface area (Å²) in [6.45, 7) is 0. The van der Waals surface area contributed by atoms with Gasteiger partial charge in [0, 0.05) is 5.92 Å². The molecule has 0 unspecified atom stereocenters. The molecule has 1 fully saturated rings. The second-order valence-corrected chi connectivity index (χ2v) is 2.59. The highest BCUT2D eigenvalue weighted by atomic mass is 35.5. The van der Waals surface area contributed by atoms with E-state index in [1.165, 1.54) is 0 Å². The molecule has 4 heteroatoms. The van der Waals surface area contributed by atoms with E-state index in [0.29, 0.717) is 0 Å². The Morgan fingerprint density at radius 3 is 2.50 bits per heavy atom. The number of nitrogens with one attached hydrogen (secondary N) is 1. The third-order valence-corrected chi connectivity index (χ3v) is 1.57. The molecule has 3 nitrogen and oxygen atoms in total. The van der Waals surface area contributed by atoms with Gasteiger partial charge in [-0.2, -0.15) is 0 Å². The van der Waals surface area contributed by atoms with Crippen molar-refractivity contribution in [3.63, 3.8) is 0 Å². The van der Waals surface area contributed by atoms with Crippen molar-refractivity contribution in [2.75, 3.05) is 5.88 Å².